The van der Waals surface area contributed by atoms with E-state index in [1.807, 2.05) is 42.5 Å². The number of aliphatic hydroxyl groups is 1. The third kappa shape index (κ3) is 3.36. The molecule has 112 valence electrons. The van der Waals surface area contributed by atoms with Crippen molar-refractivity contribution in [2.24, 2.45) is 0 Å². The van der Waals surface area contributed by atoms with E-state index in [0.29, 0.717) is 5.56 Å². The van der Waals surface area contributed by atoms with Gasteiger partial charge in [-0.15, -0.1) is 0 Å². The summed E-state index contributed by atoms with van der Waals surface area (Å²) in [6.07, 6.45) is -0.0409. The molecule has 3 nitrogen and oxygen atoms in total. The summed E-state index contributed by atoms with van der Waals surface area (Å²) in [5, 5.41) is 10.3. The Morgan fingerprint density at radius 2 is 1.48 bits per heavy atom. The van der Waals surface area contributed by atoms with Gasteiger partial charge in [-0.05, 0) is 23.6 Å². The van der Waals surface area contributed by atoms with Gasteiger partial charge in [0.2, 0.25) is 0 Å². The normalized spacial score (nSPS) is 16.2. The Hall–Kier alpha value is -1.17. The highest BCUT2D eigenvalue weighted by atomic mass is 79.9. The minimum Gasteiger partial charge on any atom is -0.386 e. The van der Waals surface area contributed by atoms with E-state index in [9.17, 15) is 13.5 Å². The van der Waals surface area contributed by atoms with Crippen molar-refractivity contribution < 1.29 is 13.5 Å². The Bertz CT molecular complexity index is 707. The van der Waals surface area contributed by atoms with Gasteiger partial charge in [-0.3, -0.25) is 0 Å². The van der Waals surface area contributed by atoms with Gasteiger partial charge in [0.1, 0.15) is 6.10 Å². The van der Waals surface area contributed by atoms with Crippen LogP contribution in [0, 0.1) is 0 Å². The van der Waals surface area contributed by atoms with Crippen LogP contribution in [0.5, 0.6) is 0 Å². The molecular weight excluding hydrogens is 352 g/mol. The van der Waals surface area contributed by atoms with Crippen molar-refractivity contribution in [2.75, 3.05) is 6.26 Å². The van der Waals surface area contributed by atoms with E-state index < -0.39 is 19.6 Å². The summed E-state index contributed by atoms with van der Waals surface area (Å²) in [5.74, 6) is 0. The van der Waals surface area contributed by atoms with Crippen molar-refractivity contribution in [1.29, 1.82) is 0 Å². The van der Waals surface area contributed by atoms with Gasteiger partial charge in [-0.25, -0.2) is 8.42 Å². The van der Waals surface area contributed by atoms with Gasteiger partial charge in [-0.2, -0.15) is 0 Å². The lowest BCUT2D eigenvalue weighted by atomic mass is 10.0. The molecule has 2 atom stereocenters. The molecule has 0 unspecified atom stereocenters. The molecule has 0 spiro atoms. The number of hydrogen-bond donors (Lipinski definition) is 1. The summed E-state index contributed by atoms with van der Waals surface area (Å²) in [6.45, 7) is 1.46. The van der Waals surface area contributed by atoms with Crippen molar-refractivity contribution in [2.45, 2.75) is 16.7 Å². The molecule has 2 rings (SSSR count). The predicted molar refractivity (Wildman–Crippen MR) is 89.0 cm³/mol. The van der Waals surface area contributed by atoms with Crippen LogP contribution in [0.3, 0.4) is 0 Å². The van der Waals surface area contributed by atoms with Crippen molar-refractivity contribution in [3.63, 3.8) is 0 Å². The molecule has 0 aromatic heterocycles. The number of aliphatic hydroxyl groups excluding tert-OH is 1. The monoisotopic (exact) mass is 368 g/mol. The second-order valence-electron chi connectivity index (χ2n) is 5.15. The van der Waals surface area contributed by atoms with E-state index in [4.69, 9.17) is 0 Å². The maximum Gasteiger partial charge on any atom is 0.165 e. The van der Waals surface area contributed by atoms with Crippen LogP contribution < -0.4 is 0 Å². The Morgan fingerprint density at radius 3 is 1.95 bits per heavy atom. The zero-order valence-electron chi connectivity index (χ0n) is 11.8. The molecule has 0 saturated heterocycles. The van der Waals surface area contributed by atoms with Crippen LogP contribution in [-0.2, 0) is 9.84 Å². The van der Waals surface area contributed by atoms with Crippen LogP contribution in [0.4, 0.5) is 0 Å². The third-order valence-electron chi connectivity index (χ3n) is 3.55. The summed E-state index contributed by atoms with van der Waals surface area (Å²) in [4.78, 5) is 0. The van der Waals surface area contributed by atoms with Crippen LogP contribution in [0.1, 0.15) is 18.6 Å². The maximum atomic E-state index is 11.7. The van der Waals surface area contributed by atoms with Gasteiger partial charge in [0.25, 0.3) is 0 Å². The van der Waals surface area contributed by atoms with Crippen LogP contribution in [0.15, 0.2) is 54.6 Å². The number of halogens is 1. The molecule has 0 fully saturated rings. The van der Waals surface area contributed by atoms with Gasteiger partial charge >= 0.3 is 0 Å². The molecule has 5 heteroatoms. The maximum absolute atomic E-state index is 11.7. The lowest BCUT2D eigenvalue weighted by molar-refractivity contribution is 0.168. The van der Waals surface area contributed by atoms with E-state index >= 15 is 0 Å². The summed E-state index contributed by atoms with van der Waals surface area (Å²) in [6, 6.07) is 17.1. The summed E-state index contributed by atoms with van der Waals surface area (Å²) in [5.41, 5.74) is 2.64. The molecule has 0 aliphatic heterocycles. The van der Waals surface area contributed by atoms with Gasteiger partial charge < -0.3 is 5.11 Å². The molecule has 2 aromatic rings. The highest BCUT2D eigenvalue weighted by Crippen LogP contribution is 2.38. The number of alkyl halides is 1. The number of benzene rings is 2. The number of sulfone groups is 1. The van der Waals surface area contributed by atoms with E-state index in [0.717, 1.165) is 17.4 Å². The molecule has 0 aliphatic carbocycles. The van der Waals surface area contributed by atoms with Crippen molar-refractivity contribution in [1.82, 2.24) is 0 Å². The fourth-order valence-corrected chi connectivity index (χ4v) is 2.79. The Labute approximate surface area is 133 Å². The molecule has 0 saturated carbocycles. The zero-order chi connectivity index (χ0) is 15.7. The SMILES string of the molecule is C[C@@](Br)([C@H](O)c1ccc(-c2ccccc2)cc1)S(C)(=O)=O. The van der Waals surface area contributed by atoms with Crippen LogP contribution in [-0.4, -0.2) is 23.4 Å². The van der Waals surface area contributed by atoms with E-state index in [2.05, 4.69) is 15.9 Å². The van der Waals surface area contributed by atoms with E-state index in [-0.39, 0.29) is 0 Å². The third-order valence-corrected chi connectivity index (χ3v) is 7.42. The first-order chi connectivity index (χ1) is 9.73. The van der Waals surface area contributed by atoms with Gasteiger partial charge in [0.05, 0.1) is 0 Å². The predicted octanol–water partition coefficient (Wildman–Crippen LogP) is 3.54. The van der Waals surface area contributed by atoms with E-state index in [1.165, 1.54) is 6.92 Å². The standard InChI is InChI=1S/C16H17BrO3S/c1-16(17,21(2,19)20)15(18)14-10-8-13(9-11-14)12-6-4-3-5-7-12/h3-11,15,18H,1-2H3/t15-,16+/m1/s1. The molecule has 2 aromatic carbocycles. The lowest BCUT2D eigenvalue weighted by Crippen LogP contribution is -2.34. The Kier molecular flexibility index (Phi) is 4.56. The first-order valence-corrected chi connectivity index (χ1v) is 9.14. The second-order valence-corrected chi connectivity index (χ2v) is 9.71. The summed E-state index contributed by atoms with van der Waals surface area (Å²) < 4.78 is 22.1. The van der Waals surface area contributed by atoms with Gasteiger partial charge in [-0.1, -0.05) is 70.5 Å². The number of rotatable bonds is 4. The smallest absolute Gasteiger partial charge is 0.165 e. The van der Waals surface area contributed by atoms with Gasteiger partial charge in [0.15, 0.2) is 13.5 Å². The van der Waals surface area contributed by atoms with Crippen LogP contribution in [0.25, 0.3) is 11.1 Å². The van der Waals surface area contributed by atoms with Crippen molar-refractivity contribution in [3.05, 3.63) is 60.2 Å². The van der Waals surface area contributed by atoms with Gasteiger partial charge in [0, 0.05) is 6.26 Å². The molecule has 0 bridgehead atoms. The molecule has 21 heavy (non-hydrogen) atoms. The summed E-state index contributed by atoms with van der Waals surface area (Å²) in [7, 11) is -3.45. The minimum atomic E-state index is -3.45. The molecule has 0 amide bonds. The summed E-state index contributed by atoms with van der Waals surface area (Å²) >= 11 is 3.13. The lowest BCUT2D eigenvalue weighted by Gasteiger charge is -2.27. The van der Waals surface area contributed by atoms with Crippen molar-refractivity contribution in [3.8, 4) is 11.1 Å². The first-order valence-electron chi connectivity index (χ1n) is 6.45. The number of hydrogen-bond acceptors (Lipinski definition) is 3. The van der Waals surface area contributed by atoms with Crippen molar-refractivity contribution >= 4 is 25.8 Å². The molecule has 1 N–H and O–H groups in total. The zero-order valence-corrected chi connectivity index (χ0v) is 14.2. The first kappa shape index (κ1) is 16.2. The average molecular weight is 369 g/mol. The Balaban J connectivity index is 2.32. The Morgan fingerprint density at radius 1 is 1.00 bits per heavy atom. The molecular formula is C16H17BrO3S. The molecule has 0 aliphatic rings. The quantitative estimate of drug-likeness (QED) is 0.839. The molecule has 0 heterocycles. The van der Waals surface area contributed by atoms with E-state index in [1.54, 1.807) is 12.1 Å². The highest BCUT2D eigenvalue weighted by molar-refractivity contribution is 9.11. The fourth-order valence-electron chi connectivity index (χ4n) is 1.99. The highest BCUT2D eigenvalue weighted by Gasteiger charge is 2.41. The average Bonchev–Trinajstić information content (AvgIpc) is 2.46. The van der Waals surface area contributed by atoms with Crippen LogP contribution >= 0.6 is 15.9 Å². The fraction of sp³-hybridized carbons (Fsp3) is 0.250. The largest absolute Gasteiger partial charge is 0.386 e. The minimum absolute atomic E-state index is 0.555. The molecule has 0 radical (unpaired) electrons. The second kappa shape index (κ2) is 5.91. The topological polar surface area (TPSA) is 54.4 Å². The van der Waals surface area contributed by atoms with Crippen LogP contribution in [0.2, 0.25) is 0 Å².